The fourth-order valence-corrected chi connectivity index (χ4v) is 8.95. The zero-order chi connectivity index (χ0) is 44.8. The number of benzene rings is 1. The van der Waals surface area contributed by atoms with Gasteiger partial charge >= 0.3 is 5.00 Å². The van der Waals surface area contributed by atoms with Crippen LogP contribution in [-0.2, 0) is 9.59 Å². The highest BCUT2D eigenvalue weighted by Crippen LogP contribution is 2.33. The number of hydrogen-bond donors (Lipinski definition) is 4. The topological polar surface area (TPSA) is 240 Å². The van der Waals surface area contributed by atoms with Crippen molar-refractivity contribution in [3.8, 4) is 0 Å². The van der Waals surface area contributed by atoms with E-state index in [0.29, 0.717) is 73.2 Å². The summed E-state index contributed by atoms with van der Waals surface area (Å²) >= 11 is 0.758. The fourth-order valence-electron chi connectivity index (χ4n) is 8.17. The van der Waals surface area contributed by atoms with Crippen LogP contribution >= 0.6 is 11.3 Å². The van der Waals surface area contributed by atoms with Crippen molar-refractivity contribution in [1.29, 1.82) is 0 Å². The summed E-state index contributed by atoms with van der Waals surface area (Å²) in [7, 11) is 0. The molecule has 4 aromatic heterocycles. The summed E-state index contributed by atoms with van der Waals surface area (Å²) in [6.07, 6.45) is 10.0. The second-order valence-electron chi connectivity index (χ2n) is 15.8. The Balaban J connectivity index is 0.852. The van der Waals surface area contributed by atoms with E-state index in [1.54, 1.807) is 42.1 Å². The minimum atomic E-state index is -0.565. The summed E-state index contributed by atoms with van der Waals surface area (Å²) in [6.45, 7) is 9.19. The molecule has 0 atom stereocenters. The largest absolute Gasteiger partial charge is 0.385 e. The molecule has 20 heteroatoms. The first-order valence-electron chi connectivity index (χ1n) is 21.0. The van der Waals surface area contributed by atoms with Crippen LogP contribution in [0.4, 0.5) is 39.0 Å². The molecule has 5 aromatic rings. The van der Waals surface area contributed by atoms with Gasteiger partial charge in [-0.1, -0.05) is 19.3 Å². The number of aryl methyl sites for hydroxylation is 2. The molecule has 0 unspecified atom stereocenters. The average molecular weight is 879 g/mol. The van der Waals surface area contributed by atoms with Gasteiger partial charge in [-0.15, -0.1) is 0 Å². The number of pyridine rings is 2. The zero-order valence-electron chi connectivity index (χ0n) is 35.7. The van der Waals surface area contributed by atoms with Crippen molar-refractivity contribution in [3.63, 3.8) is 0 Å². The Morgan fingerprint density at radius 3 is 2.35 bits per heavy atom. The Morgan fingerprint density at radius 1 is 0.921 bits per heavy atom. The van der Waals surface area contributed by atoms with Gasteiger partial charge in [0.2, 0.25) is 17.8 Å². The summed E-state index contributed by atoms with van der Waals surface area (Å²) in [4.78, 5) is 96.7. The van der Waals surface area contributed by atoms with Crippen LogP contribution in [0.1, 0.15) is 103 Å². The van der Waals surface area contributed by atoms with Crippen LogP contribution in [0.15, 0.2) is 47.5 Å². The number of nitrogens with one attached hydrogen (secondary N) is 4. The average Bonchev–Trinajstić information content (AvgIpc) is 3.92. The molecule has 63 heavy (non-hydrogen) atoms. The number of Topliss-reactive ketones (excluding diaryl/α,β-unsaturated/α-hetero) is 1. The third-order valence-corrected chi connectivity index (χ3v) is 12.4. The van der Waals surface area contributed by atoms with Crippen LogP contribution in [0.5, 0.6) is 0 Å². The number of hydrogen-bond acceptors (Lipinski definition) is 15. The maximum Gasteiger partial charge on any atom is 0.348 e. The molecule has 1 saturated carbocycles. The van der Waals surface area contributed by atoms with E-state index in [9.17, 15) is 34.1 Å². The van der Waals surface area contributed by atoms with Crippen molar-refractivity contribution in [3.05, 3.63) is 85.6 Å². The highest BCUT2D eigenvalue weighted by atomic mass is 32.1. The molecule has 4 N–H and O–H groups in total. The molecule has 0 radical (unpaired) electrons. The van der Waals surface area contributed by atoms with Gasteiger partial charge in [-0.2, -0.15) is 4.98 Å². The van der Waals surface area contributed by atoms with Crippen LogP contribution in [0.2, 0.25) is 0 Å². The van der Waals surface area contributed by atoms with Gasteiger partial charge in [-0.3, -0.25) is 44.0 Å². The molecule has 3 amide bonds. The quantitative estimate of drug-likeness (QED) is 0.0347. The standard InChI is InChI=1S/C43H50N12O7S/c1-25-33-24-46-42(50-38(33)54(30-10-7-8-11-30)40(60)37(25)27(3)56)49-35-16-14-31(23-45-35)52-18-20-53(21-19-52)36(58)12-6-5-9-17-44-29-13-15-32(34(22-29)48-28(4)57)39(59)51-43-47-26(2)41(63-43)55(61)62/h13-16,22-24,30,44H,5-12,17-21H2,1-4H3,(H,48,57)(H,47,51,59)(H,45,46,49,50). The van der Waals surface area contributed by atoms with Gasteiger partial charge in [0.05, 0.1) is 33.6 Å². The number of thiazole rings is 1. The molecule has 7 rings (SSSR count). The van der Waals surface area contributed by atoms with Gasteiger partial charge in [0.15, 0.2) is 10.9 Å². The summed E-state index contributed by atoms with van der Waals surface area (Å²) < 4.78 is 1.69. The second-order valence-corrected chi connectivity index (χ2v) is 16.8. The Kier molecular flexibility index (Phi) is 13.7. The predicted octanol–water partition coefficient (Wildman–Crippen LogP) is 6.76. The van der Waals surface area contributed by atoms with E-state index >= 15 is 0 Å². The van der Waals surface area contributed by atoms with Crippen LogP contribution in [0, 0.1) is 24.0 Å². The molecule has 1 aromatic carbocycles. The van der Waals surface area contributed by atoms with Crippen LogP contribution in [0.3, 0.4) is 0 Å². The second kappa shape index (κ2) is 19.5. The lowest BCUT2D eigenvalue weighted by atomic mass is 10.0. The molecule has 0 spiro atoms. The molecular formula is C43H50N12O7S. The van der Waals surface area contributed by atoms with Gasteiger partial charge < -0.3 is 25.8 Å². The van der Waals surface area contributed by atoms with Crippen molar-refractivity contribution in [2.75, 3.05) is 58.9 Å². The lowest BCUT2D eigenvalue weighted by Gasteiger charge is -2.36. The molecule has 19 nitrogen and oxygen atoms in total. The number of carbonyl (C=O) groups excluding carboxylic acids is 4. The van der Waals surface area contributed by atoms with Crippen LogP contribution in [-0.4, -0.2) is 90.6 Å². The number of carbonyl (C=O) groups is 4. The van der Waals surface area contributed by atoms with E-state index in [2.05, 4.69) is 41.1 Å². The zero-order valence-corrected chi connectivity index (χ0v) is 36.5. The van der Waals surface area contributed by atoms with Crippen LogP contribution < -0.4 is 31.7 Å². The summed E-state index contributed by atoms with van der Waals surface area (Å²) in [5.74, 6) is -0.217. The highest BCUT2D eigenvalue weighted by Gasteiger charge is 2.27. The number of nitro groups is 1. The number of piperazine rings is 1. The van der Waals surface area contributed by atoms with E-state index in [1.807, 2.05) is 17.0 Å². The Morgan fingerprint density at radius 2 is 1.68 bits per heavy atom. The Labute approximate surface area is 366 Å². The third kappa shape index (κ3) is 10.3. The first-order chi connectivity index (χ1) is 30.3. The molecule has 1 aliphatic carbocycles. The number of aromatic nitrogens is 5. The van der Waals surface area contributed by atoms with Crippen molar-refractivity contribution >= 4 is 84.8 Å². The lowest BCUT2D eigenvalue weighted by molar-refractivity contribution is -0.380. The van der Waals surface area contributed by atoms with E-state index in [-0.39, 0.29) is 61.8 Å². The maximum atomic E-state index is 13.6. The summed E-state index contributed by atoms with van der Waals surface area (Å²) in [6, 6.07) is 8.73. The molecule has 0 bridgehead atoms. The number of nitrogens with zero attached hydrogens (tertiary/aromatic N) is 8. The summed E-state index contributed by atoms with van der Waals surface area (Å²) in [5.41, 5.74) is 3.29. The highest BCUT2D eigenvalue weighted by molar-refractivity contribution is 7.19. The van der Waals surface area contributed by atoms with Gasteiger partial charge in [-0.25, -0.2) is 15.0 Å². The van der Waals surface area contributed by atoms with E-state index < -0.39 is 10.8 Å². The van der Waals surface area contributed by atoms with Crippen molar-refractivity contribution in [2.24, 2.45) is 0 Å². The Hall–Kier alpha value is -6.83. The first-order valence-corrected chi connectivity index (χ1v) is 21.9. The minimum Gasteiger partial charge on any atom is -0.385 e. The first kappa shape index (κ1) is 44.2. The molecule has 1 saturated heterocycles. The van der Waals surface area contributed by atoms with Crippen molar-refractivity contribution in [2.45, 2.75) is 85.1 Å². The Bertz CT molecular complexity index is 2620. The normalized spacial score (nSPS) is 14.2. The predicted molar refractivity (Wildman–Crippen MR) is 242 cm³/mol. The molecule has 2 aliphatic rings. The summed E-state index contributed by atoms with van der Waals surface area (Å²) in [5, 5.41) is 23.5. The molecule has 330 valence electrons. The number of anilines is 6. The van der Waals surface area contributed by atoms with Crippen LogP contribution in [0.25, 0.3) is 11.0 Å². The number of unbranched alkanes of at least 4 members (excludes halogenated alkanes) is 2. The SMILES string of the molecule is CC(=O)Nc1cc(NCCCCCC(=O)N2CCN(c3ccc(Nc4ncc5c(C)c(C(C)=O)c(=O)n(C6CCCC6)c5n4)nc3)CC2)ccc1C(=O)Nc1nc(C)c([N+](=O)[O-])s1. The van der Waals surface area contributed by atoms with E-state index in [0.717, 1.165) is 62.0 Å². The van der Waals surface area contributed by atoms with Gasteiger partial charge in [0.25, 0.3) is 11.5 Å². The molecular weight excluding hydrogens is 829 g/mol. The van der Waals surface area contributed by atoms with Gasteiger partial charge in [0.1, 0.15) is 17.2 Å². The number of amides is 3. The minimum absolute atomic E-state index is 0.0153. The molecule has 5 heterocycles. The number of fused-ring (bicyclic) bond motifs is 1. The van der Waals surface area contributed by atoms with E-state index in [1.165, 1.54) is 20.8 Å². The fraction of sp³-hybridized carbons (Fsp3) is 0.419. The van der Waals surface area contributed by atoms with Gasteiger partial charge in [-0.05, 0) is 93.7 Å². The monoisotopic (exact) mass is 878 g/mol. The smallest absolute Gasteiger partial charge is 0.348 e. The third-order valence-electron chi connectivity index (χ3n) is 11.4. The van der Waals surface area contributed by atoms with Crippen molar-refractivity contribution < 1.29 is 24.1 Å². The van der Waals surface area contributed by atoms with Crippen molar-refractivity contribution in [1.82, 2.24) is 29.4 Å². The maximum absolute atomic E-state index is 13.6. The van der Waals surface area contributed by atoms with E-state index in [4.69, 9.17) is 4.98 Å². The number of ketones is 1. The molecule has 1 aliphatic heterocycles. The molecule has 2 fully saturated rings. The number of rotatable bonds is 16. The van der Waals surface area contributed by atoms with Gasteiger partial charge in [0, 0.05) is 69.4 Å². The lowest BCUT2D eigenvalue weighted by Crippen LogP contribution is -2.48.